The van der Waals surface area contributed by atoms with E-state index in [4.69, 9.17) is 0 Å². The number of carbonyl (C=O) groups excluding carboxylic acids is 1. The molecule has 0 spiro atoms. The third-order valence-electron chi connectivity index (χ3n) is 6.22. The van der Waals surface area contributed by atoms with E-state index in [0.717, 1.165) is 43.7 Å². The van der Waals surface area contributed by atoms with Crippen LogP contribution in [0.1, 0.15) is 63.1 Å². The maximum atomic E-state index is 12.9. The largest absolute Gasteiger partial charge is 0.350 e. The van der Waals surface area contributed by atoms with Gasteiger partial charge in [-0.15, -0.1) is 0 Å². The zero-order valence-corrected chi connectivity index (χ0v) is 17.2. The number of hydrogen-bond acceptors (Lipinski definition) is 3. The van der Waals surface area contributed by atoms with Crippen molar-refractivity contribution in [1.82, 2.24) is 24.6 Å². The number of nitrogens with zero attached hydrogens (tertiary/aromatic N) is 4. The fraction of sp³-hybridized carbons (Fsp3) is 0.591. The molecule has 0 radical (unpaired) electrons. The van der Waals surface area contributed by atoms with Gasteiger partial charge in [0, 0.05) is 32.1 Å². The first-order chi connectivity index (χ1) is 14.1. The van der Waals surface area contributed by atoms with Crippen molar-refractivity contribution in [3.63, 3.8) is 0 Å². The molecular formula is C22H31N5O2. The summed E-state index contributed by atoms with van der Waals surface area (Å²) in [5.74, 6) is 0.799. The lowest BCUT2D eigenvalue weighted by Crippen LogP contribution is -2.48. The highest BCUT2D eigenvalue weighted by Crippen LogP contribution is 2.27. The van der Waals surface area contributed by atoms with Gasteiger partial charge < -0.3 is 10.2 Å². The molecule has 1 N–H and O–H groups in total. The second-order valence-electron chi connectivity index (χ2n) is 8.36. The maximum Gasteiger partial charge on any atom is 0.350 e. The van der Waals surface area contributed by atoms with E-state index < -0.39 is 0 Å². The monoisotopic (exact) mass is 397 g/mol. The van der Waals surface area contributed by atoms with Gasteiger partial charge in [-0.05, 0) is 37.8 Å². The normalized spacial score (nSPS) is 21.0. The first-order valence-electron chi connectivity index (χ1n) is 10.9. The highest BCUT2D eigenvalue weighted by molar-refractivity contribution is 5.74. The summed E-state index contributed by atoms with van der Waals surface area (Å²) in [5.41, 5.74) is 0.673. The average Bonchev–Trinajstić information content (AvgIpc) is 2.90. The number of hydrogen-bond donors (Lipinski definition) is 1. The molecule has 7 nitrogen and oxygen atoms in total. The smallest absolute Gasteiger partial charge is 0.335 e. The maximum absolute atomic E-state index is 12.9. The Hall–Kier alpha value is -2.57. The van der Waals surface area contributed by atoms with Crippen molar-refractivity contribution < 1.29 is 4.79 Å². The van der Waals surface area contributed by atoms with E-state index in [1.54, 1.807) is 11.6 Å². The standard InChI is InChI=1S/C22H31N5O2/c1-25-22(29)27(19-13-7-4-8-14-19)20(24-25)17-10-9-15-26(16-17)21(28)23-18-11-5-2-3-6-12-18/h4,7-8,13-14,17-18H,2-3,5-6,9-12,15-16H2,1H3,(H,23,28). The fourth-order valence-corrected chi connectivity index (χ4v) is 4.63. The van der Waals surface area contributed by atoms with E-state index >= 15 is 0 Å². The summed E-state index contributed by atoms with van der Waals surface area (Å²) in [6.07, 6.45) is 8.95. The molecule has 2 amide bonds. The summed E-state index contributed by atoms with van der Waals surface area (Å²) in [6, 6.07) is 9.95. The van der Waals surface area contributed by atoms with Crippen LogP contribution in [0.5, 0.6) is 0 Å². The molecule has 4 rings (SSSR count). The van der Waals surface area contributed by atoms with Crippen LogP contribution >= 0.6 is 0 Å². The molecule has 2 fully saturated rings. The number of para-hydroxylation sites is 1. The summed E-state index contributed by atoms with van der Waals surface area (Å²) in [4.78, 5) is 27.5. The van der Waals surface area contributed by atoms with Gasteiger partial charge in [0.15, 0.2) is 0 Å². The Bertz CT molecular complexity index is 880. The number of benzene rings is 1. The van der Waals surface area contributed by atoms with Gasteiger partial charge in [-0.25, -0.2) is 18.8 Å². The average molecular weight is 398 g/mol. The van der Waals surface area contributed by atoms with Gasteiger partial charge in [-0.3, -0.25) is 0 Å². The zero-order valence-electron chi connectivity index (χ0n) is 17.2. The van der Waals surface area contributed by atoms with Gasteiger partial charge in [-0.1, -0.05) is 43.9 Å². The Labute approximate surface area is 171 Å². The van der Waals surface area contributed by atoms with Crippen LogP contribution in [0, 0.1) is 0 Å². The van der Waals surface area contributed by atoms with Crippen LogP contribution in [0.15, 0.2) is 35.1 Å². The van der Waals surface area contributed by atoms with Crippen molar-refractivity contribution >= 4 is 6.03 Å². The van der Waals surface area contributed by atoms with Gasteiger partial charge in [0.1, 0.15) is 5.82 Å². The molecular weight excluding hydrogens is 366 g/mol. The number of aryl methyl sites for hydroxylation is 1. The van der Waals surface area contributed by atoms with Gasteiger partial charge in [0.2, 0.25) is 0 Å². The summed E-state index contributed by atoms with van der Waals surface area (Å²) in [7, 11) is 1.69. The Kier molecular flexibility index (Phi) is 6.02. The van der Waals surface area contributed by atoms with Gasteiger partial charge in [-0.2, -0.15) is 5.10 Å². The molecule has 1 saturated carbocycles. The molecule has 1 aromatic heterocycles. The van der Waals surface area contributed by atoms with Gasteiger partial charge in [0.05, 0.1) is 5.69 Å². The highest BCUT2D eigenvalue weighted by Gasteiger charge is 2.30. The van der Waals surface area contributed by atoms with Crippen molar-refractivity contribution in [1.29, 1.82) is 0 Å². The van der Waals surface area contributed by atoms with Gasteiger partial charge >= 0.3 is 11.7 Å². The first-order valence-corrected chi connectivity index (χ1v) is 10.9. The number of aromatic nitrogens is 3. The fourth-order valence-electron chi connectivity index (χ4n) is 4.63. The minimum Gasteiger partial charge on any atom is -0.335 e. The third-order valence-corrected chi connectivity index (χ3v) is 6.22. The van der Waals surface area contributed by atoms with Crippen molar-refractivity contribution in [2.45, 2.75) is 63.3 Å². The molecule has 1 saturated heterocycles. The number of rotatable bonds is 3. The lowest BCUT2D eigenvalue weighted by molar-refractivity contribution is 0.173. The van der Waals surface area contributed by atoms with E-state index in [2.05, 4.69) is 10.4 Å². The Balaban J connectivity index is 1.51. The SMILES string of the molecule is Cn1nc(C2CCCN(C(=O)NC3CCCCCC3)C2)n(-c2ccccc2)c1=O. The second kappa shape index (κ2) is 8.84. The van der Waals surface area contributed by atoms with Crippen molar-refractivity contribution in [3.05, 3.63) is 46.6 Å². The highest BCUT2D eigenvalue weighted by atomic mass is 16.2. The predicted octanol–water partition coefficient (Wildman–Crippen LogP) is 3.18. The topological polar surface area (TPSA) is 72.2 Å². The number of piperidine rings is 1. The van der Waals surface area contributed by atoms with E-state index in [1.165, 1.54) is 30.4 Å². The van der Waals surface area contributed by atoms with Crippen LogP contribution in [0.4, 0.5) is 4.79 Å². The molecule has 2 heterocycles. The van der Waals surface area contributed by atoms with Crippen molar-refractivity contribution in [2.24, 2.45) is 7.05 Å². The molecule has 29 heavy (non-hydrogen) atoms. The molecule has 0 bridgehead atoms. The minimum atomic E-state index is -0.147. The number of amides is 2. The quantitative estimate of drug-likeness (QED) is 0.809. The molecule has 1 atom stereocenters. The lowest BCUT2D eigenvalue weighted by atomic mass is 9.97. The molecule has 156 valence electrons. The van der Waals surface area contributed by atoms with E-state index in [9.17, 15) is 9.59 Å². The minimum absolute atomic E-state index is 0.0335. The number of urea groups is 1. The first kappa shape index (κ1) is 19.7. The van der Waals surface area contributed by atoms with Crippen molar-refractivity contribution in [3.8, 4) is 5.69 Å². The molecule has 1 aromatic carbocycles. The Morgan fingerprint density at radius 1 is 1.03 bits per heavy atom. The summed E-state index contributed by atoms with van der Waals surface area (Å²) in [6.45, 7) is 1.36. The van der Waals surface area contributed by atoms with E-state index in [1.807, 2.05) is 35.2 Å². The zero-order chi connectivity index (χ0) is 20.2. The van der Waals surface area contributed by atoms with Crippen LogP contribution < -0.4 is 11.0 Å². The third kappa shape index (κ3) is 4.38. The molecule has 2 aromatic rings. The molecule has 1 aliphatic heterocycles. The number of nitrogens with one attached hydrogen (secondary N) is 1. The van der Waals surface area contributed by atoms with Crippen molar-refractivity contribution in [2.75, 3.05) is 13.1 Å². The van der Waals surface area contributed by atoms with Crippen LogP contribution in [0.2, 0.25) is 0 Å². The molecule has 1 aliphatic carbocycles. The lowest BCUT2D eigenvalue weighted by Gasteiger charge is -2.33. The summed E-state index contributed by atoms with van der Waals surface area (Å²) >= 11 is 0. The van der Waals surface area contributed by atoms with Gasteiger partial charge in [0.25, 0.3) is 0 Å². The molecule has 1 unspecified atom stereocenters. The van der Waals surface area contributed by atoms with Crippen LogP contribution in [-0.2, 0) is 7.05 Å². The van der Waals surface area contributed by atoms with Crippen LogP contribution in [0.25, 0.3) is 5.69 Å². The van der Waals surface area contributed by atoms with E-state index in [-0.39, 0.29) is 17.6 Å². The molecule has 7 heteroatoms. The second-order valence-corrected chi connectivity index (χ2v) is 8.36. The summed E-state index contributed by atoms with van der Waals surface area (Å²) < 4.78 is 3.09. The number of likely N-dealkylation sites (tertiary alicyclic amines) is 1. The van der Waals surface area contributed by atoms with E-state index in [0.29, 0.717) is 12.6 Å². The van der Waals surface area contributed by atoms with Crippen LogP contribution in [0.3, 0.4) is 0 Å². The Morgan fingerprint density at radius 3 is 2.48 bits per heavy atom. The molecule has 2 aliphatic rings. The van der Waals surface area contributed by atoms with Crippen LogP contribution in [-0.4, -0.2) is 44.4 Å². The number of carbonyl (C=O) groups is 1. The predicted molar refractivity (Wildman–Crippen MR) is 112 cm³/mol. The Morgan fingerprint density at radius 2 is 1.76 bits per heavy atom. The summed E-state index contributed by atoms with van der Waals surface area (Å²) in [5, 5.41) is 7.80.